The van der Waals surface area contributed by atoms with Gasteiger partial charge in [0, 0.05) is 11.9 Å². The Morgan fingerprint density at radius 1 is 1.20 bits per heavy atom. The fraction of sp³-hybridized carbons (Fsp3) is 0.154. The summed E-state index contributed by atoms with van der Waals surface area (Å²) in [4.78, 5) is 10.9. The molecule has 7 heteroatoms. The normalized spacial score (nSPS) is 11.2. The topological polar surface area (TPSA) is 96.6 Å². The van der Waals surface area contributed by atoms with E-state index >= 15 is 0 Å². The molecule has 0 spiro atoms. The van der Waals surface area contributed by atoms with Gasteiger partial charge in [0.25, 0.3) is 0 Å². The number of benzene rings is 1. The van der Waals surface area contributed by atoms with E-state index in [0.717, 1.165) is 6.26 Å². The lowest BCUT2D eigenvalue weighted by Crippen LogP contribution is -2.00. The Bertz CT molecular complexity index is 715. The molecule has 0 aliphatic carbocycles. The molecule has 0 bridgehead atoms. The molecular weight excluding hydrogens is 282 g/mol. The number of carboxylic acids is 1. The van der Waals surface area contributed by atoms with Gasteiger partial charge in [0.05, 0.1) is 11.4 Å². The van der Waals surface area contributed by atoms with Gasteiger partial charge < -0.3 is 14.8 Å². The van der Waals surface area contributed by atoms with Gasteiger partial charge in [-0.2, -0.15) is 0 Å². The minimum Gasteiger partial charge on any atom is -0.475 e. The molecule has 0 fully saturated rings. The molecule has 2 rings (SSSR count). The molecule has 2 aromatic rings. The first-order valence-electron chi connectivity index (χ1n) is 5.72. The predicted octanol–water partition coefficient (Wildman–Crippen LogP) is 1.99. The van der Waals surface area contributed by atoms with Crippen LogP contribution in [-0.4, -0.2) is 25.7 Å². The second-order valence-electron chi connectivity index (χ2n) is 4.22. The van der Waals surface area contributed by atoms with Crippen molar-refractivity contribution in [3.63, 3.8) is 0 Å². The Hall–Kier alpha value is -2.28. The maximum atomic E-state index is 11.3. The molecule has 0 amide bonds. The van der Waals surface area contributed by atoms with Gasteiger partial charge in [0.2, 0.25) is 5.76 Å². The monoisotopic (exact) mass is 295 g/mol. The van der Waals surface area contributed by atoms with E-state index in [2.05, 4.69) is 5.32 Å². The predicted molar refractivity (Wildman–Crippen MR) is 72.5 cm³/mol. The van der Waals surface area contributed by atoms with Crippen LogP contribution in [0.1, 0.15) is 16.3 Å². The molecular formula is C13H13NO5S. The summed E-state index contributed by atoms with van der Waals surface area (Å²) < 4.78 is 27.7. The summed E-state index contributed by atoms with van der Waals surface area (Å²) in [6.07, 6.45) is 1.14. The van der Waals surface area contributed by atoms with Crippen molar-refractivity contribution in [3.05, 3.63) is 47.9 Å². The van der Waals surface area contributed by atoms with Gasteiger partial charge in [-0.25, -0.2) is 13.2 Å². The van der Waals surface area contributed by atoms with Gasteiger partial charge in [-0.3, -0.25) is 0 Å². The molecule has 0 saturated carbocycles. The number of carboxylic acid groups (broad SMARTS) is 1. The molecule has 1 heterocycles. The lowest BCUT2D eigenvalue weighted by Gasteiger charge is -2.05. The second-order valence-corrected chi connectivity index (χ2v) is 6.24. The highest BCUT2D eigenvalue weighted by molar-refractivity contribution is 7.90. The maximum Gasteiger partial charge on any atom is 0.371 e. The van der Waals surface area contributed by atoms with Gasteiger partial charge in [-0.1, -0.05) is 0 Å². The first-order valence-corrected chi connectivity index (χ1v) is 7.61. The molecule has 0 aliphatic rings. The molecule has 0 aliphatic heterocycles. The van der Waals surface area contributed by atoms with Crippen molar-refractivity contribution in [2.75, 3.05) is 11.6 Å². The summed E-state index contributed by atoms with van der Waals surface area (Å²) in [7, 11) is -3.20. The van der Waals surface area contributed by atoms with Crippen LogP contribution in [0.3, 0.4) is 0 Å². The number of sulfone groups is 1. The van der Waals surface area contributed by atoms with Crippen molar-refractivity contribution in [1.82, 2.24) is 0 Å². The molecule has 1 aromatic carbocycles. The number of nitrogens with one attached hydrogen (secondary N) is 1. The average molecular weight is 295 g/mol. The number of anilines is 1. The Morgan fingerprint density at radius 3 is 2.35 bits per heavy atom. The number of hydrogen-bond acceptors (Lipinski definition) is 5. The van der Waals surface area contributed by atoms with E-state index in [4.69, 9.17) is 9.52 Å². The highest BCUT2D eigenvalue weighted by Crippen LogP contribution is 2.15. The van der Waals surface area contributed by atoms with Crippen molar-refractivity contribution >= 4 is 21.5 Å². The van der Waals surface area contributed by atoms with E-state index in [1.54, 1.807) is 18.2 Å². The number of hydrogen-bond donors (Lipinski definition) is 2. The summed E-state index contributed by atoms with van der Waals surface area (Å²) in [6, 6.07) is 9.23. The van der Waals surface area contributed by atoms with Crippen LogP contribution < -0.4 is 5.32 Å². The van der Waals surface area contributed by atoms with Crippen LogP contribution in [0.15, 0.2) is 45.7 Å². The largest absolute Gasteiger partial charge is 0.475 e. The Morgan fingerprint density at radius 2 is 1.85 bits per heavy atom. The summed E-state index contributed by atoms with van der Waals surface area (Å²) >= 11 is 0. The molecule has 106 valence electrons. The summed E-state index contributed by atoms with van der Waals surface area (Å²) in [5, 5.41) is 11.7. The van der Waals surface area contributed by atoms with Gasteiger partial charge >= 0.3 is 5.97 Å². The second kappa shape index (κ2) is 5.38. The van der Waals surface area contributed by atoms with Crippen LogP contribution >= 0.6 is 0 Å². The third-order valence-corrected chi connectivity index (χ3v) is 3.75. The maximum absolute atomic E-state index is 11.3. The third-order valence-electron chi connectivity index (χ3n) is 2.62. The molecule has 2 N–H and O–H groups in total. The smallest absolute Gasteiger partial charge is 0.371 e. The fourth-order valence-corrected chi connectivity index (χ4v) is 2.23. The fourth-order valence-electron chi connectivity index (χ4n) is 1.60. The quantitative estimate of drug-likeness (QED) is 0.875. The number of carbonyl (C=O) groups is 1. The van der Waals surface area contributed by atoms with Crippen LogP contribution in [-0.2, 0) is 16.4 Å². The lowest BCUT2D eigenvalue weighted by molar-refractivity contribution is 0.0660. The van der Waals surface area contributed by atoms with Crippen molar-refractivity contribution < 1.29 is 22.7 Å². The van der Waals surface area contributed by atoms with Crippen LogP contribution in [0.4, 0.5) is 5.69 Å². The standard InChI is InChI=1S/C13H13NO5S/c1-20(17,18)11-5-2-9(3-6-11)14-8-10-4-7-12(19-10)13(15)16/h2-7,14H,8H2,1H3,(H,15,16). The van der Waals surface area contributed by atoms with Crippen LogP contribution in [0.2, 0.25) is 0 Å². The summed E-state index contributed by atoms with van der Waals surface area (Å²) in [5.41, 5.74) is 0.714. The lowest BCUT2D eigenvalue weighted by atomic mass is 10.3. The highest BCUT2D eigenvalue weighted by atomic mass is 32.2. The number of rotatable bonds is 5. The molecule has 1 aromatic heterocycles. The zero-order valence-corrected chi connectivity index (χ0v) is 11.5. The average Bonchev–Trinajstić information content (AvgIpc) is 2.85. The van der Waals surface area contributed by atoms with Gasteiger partial charge in [-0.15, -0.1) is 0 Å². The number of aromatic carboxylic acids is 1. The highest BCUT2D eigenvalue weighted by Gasteiger charge is 2.09. The van der Waals surface area contributed by atoms with Crippen molar-refractivity contribution in [2.24, 2.45) is 0 Å². The molecule has 0 unspecified atom stereocenters. The molecule has 0 radical (unpaired) electrons. The van der Waals surface area contributed by atoms with E-state index in [1.165, 1.54) is 18.2 Å². The van der Waals surface area contributed by atoms with Crippen LogP contribution in [0.5, 0.6) is 0 Å². The van der Waals surface area contributed by atoms with E-state index in [0.29, 0.717) is 18.0 Å². The van der Waals surface area contributed by atoms with Crippen molar-refractivity contribution in [3.8, 4) is 0 Å². The Kier molecular flexibility index (Phi) is 3.80. The minimum absolute atomic E-state index is 0.116. The third kappa shape index (κ3) is 3.39. The van der Waals surface area contributed by atoms with E-state index in [-0.39, 0.29) is 10.7 Å². The minimum atomic E-state index is -3.20. The van der Waals surface area contributed by atoms with Crippen molar-refractivity contribution in [2.45, 2.75) is 11.4 Å². The molecule has 20 heavy (non-hydrogen) atoms. The number of furan rings is 1. The van der Waals surface area contributed by atoms with Crippen LogP contribution in [0.25, 0.3) is 0 Å². The van der Waals surface area contributed by atoms with Gasteiger partial charge in [-0.05, 0) is 36.4 Å². The van der Waals surface area contributed by atoms with E-state index in [1.807, 2.05) is 0 Å². The molecule has 6 nitrogen and oxygen atoms in total. The van der Waals surface area contributed by atoms with Crippen molar-refractivity contribution in [1.29, 1.82) is 0 Å². The summed E-state index contributed by atoms with van der Waals surface area (Å²) in [5.74, 6) is -0.752. The first kappa shape index (κ1) is 14.1. The molecule has 0 atom stereocenters. The zero-order chi connectivity index (χ0) is 14.8. The first-order chi connectivity index (χ1) is 9.36. The van der Waals surface area contributed by atoms with E-state index in [9.17, 15) is 13.2 Å². The summed E-state index contributed by atoms with van der Waals surface area (Å²) in [6.45, 7) is 0.311. The van der Waals surface area contributed by atoms with Crippen LogP contribution in [0, 0.1) is 0 Å². The van der Waals surface area contributed by atoms with E-state index < -0.39 is 15.8 Å². The zero-order valence-electron chi connectivity index (χ0n) is 10.7. The van der Waals surface area contributed by atoms with Gasteiger partial charge in [0.15, 0.2) is 9.84 Å². The SMILES string of the molecule is CS(=O)(=O)c1ccc(NCc2ccc(C(=O)O)o2)cc1. The Balaban J connectivity index is 2.02. The molecule has 0 saturated heterocycles. The Labute approximate surface area is 116 Å². The van der Waals surface area contributed by atoms with Gasteiger partial charge in [0.1, 0.15) is 5.76 Å².